The Morgan fingerprint density at radius 2 is 1.64 bits per heavy atom. The molecular weight excluding hydrogens is 328 g/mol. The van der Waals surface area contributed by atoms with E-state index in [9.17, 15) is 18.4 Å². The number of benzene rings is 1. The van der Waals surface area contributed by atoms with Gasteiger partial charge in [0.15, 0.2) is 0 Å². The van der Waals surface area contributed by atoms with E-state index in [1.165, 1.54) is 0 Å². The predicted octanol–water partition coefficient (Wildman–Crippen LogP) is 3.06. The third kappa shape index (κ3) is 4.59. The van der Waals surface area contributed by atoms with E-state index < -0.39 is 35.1 Å². The number of rotatable bonds is 5. The third-order valence-electron chi connectivity index (χ3n) is 3.57. The van der Waals surface area contributed by atoms with Crippen LogP contribution in [0.1, 0.15) is 29.9 Å². The molecule has 1 aromatic carbocycles. The van der Waals surface area contributed by atoms with Gasteiger partial charge in [-0.15, -0.1) is 0 Å². The Bertz CT molecular complexity index is 773. The predicted molar refractivity (Wildman–Crippen MR) is 90.1 cm³/mol. The molecule has 2 amide bonds. The zero-order valence-corrected chi connectivity index (χ0v) is 14.1. The van der Waals surface area contributed by atoms with Crippen LogP contribution in [0.4, 0.5) is 14.6 Å². The fourth-order valence-electron chi connectivity index (χ4n) is 2.28. The van der Waals surface area contributed by atoms with Crippen LogP contribution in [0.25, 0.3) is 0 Å². The lowest BCUT2D eigenvalue weighted by Crippen LogP contribution is -2.47. The van der Waals surface area contributed by atoms with Crippen LogP contribution in [0.2, 0.25) is 0 Å². The van der Waals surface area contributed by atoms with Crippen LogP contribution in [-0.4, -0.2) is 22.8 Å². The molecule has 0 bridgehead atoms. The van der Waals surface area contributed by atoms with Crippen molar-refractivity contribution >= 4 is 17.6 Å². The summed E-state index contributed by atoms with van der Waals surface area (Å²) in [4.78, 5) is 28.8. The summed E-state index contributed by atoms with van der Waals surface area (Å²) in [7, 11) is 0. The van der Waals surface area contributed by atoms with Crippen molar-refractivity contribution in [3.63, 3.8) is 0 Å². The first-order valence-corrected chi connectivity index (χ1v) is 7.79. The molecule has 132 valence electrons. The standard InChI is InChI=1S/C18H19F2N3O2/c1-10(2)16(18(25)22-14-9-4-6-11(3)21-14)23-17(24)15-12(19)7-5-8-13(15)20/h4-10,16H,1-3H3,(H,23,24)(H,21,22,25). The first kappa shape index (κ1) is 18.5. The number of halogens is 2. The zero-order valence-electron chi connectivity index (χ0n) is 14.1. The maximum Gasteiger partial charge on any atom is 0.257 e. The topological polar surface area (TPSA) is 71.1 Å². The SMILES string of the molecule is Cc1cccc(NC(=O)C(NC(=O)c2c(F)cccc2F)C(C)C)n1. The zero-order chi connectivity index (χ0) is 18.6. The molecule has 25 heavy (non-hydrogen) atoms. The molecule has 0 aliphatic carbocycles. The molecule has 0 aliphatic rings. The Labute approximate surface area is 144 Å². The number of nitrogens with zero attached hydrogens (tertiary/aromatic N) is 1. The highest BCUT2D eigenvalue weighted by atomic mass is 19.1. The van der Waals surface area contributed by atoms with Crippen molar-refractivity contribution in [1.29, 1.82) is 0 Å². The second-order valence-corrected chi connectivity index (χ2v) is 5.95. The number of anilines is 1. The summed E-state index contributed by atoms with van der Waals surface area (Å²) in [5.41, 5.74) is 0.00555. The Morgan fingerprint density at radius 1 is 1.04 bits per heavy atom. The lowest BCUT2D eigenvalue weighted by atomic mass is 10.0. The Kier molecular flexibility index (Phi) is 5.80. The summed E-state index contributed by atoms with van der Waals surface area (Å²) in [6.45, 7) is 5.20. The number of aromatic nitrogens is 1. The first-order valence-electron chi connectivity index (χ1n) is 7.79. The smallest absolute Gasteiger partial charge is 0.257 e. The van der Waals surface area contributed by atoms with Gasteiger partial charge in [-0.2, -0.15) is 0 Å². The van der Waals surface area contributed by atoms with Gasteiger partial charge in [-0.25, -0.2) is 13.8 Å². The van der Waals surface area contributed by atoms with Crippen LogP contribution in [0.3, 0.4) is 0 Å². The summed E-state index contributed by atoms with van der Waals surface area (Å²) >= 11 is 0. The minimum Gasteiger partial charge on any atom is -0.340 e. The normalized spacial score (nSPS) is 11.9. The average molecular weight is 347 g/mol. The van der Waals surface area contributed by atoms with Gasteiger partial charge in [-0.3, -0.25) is 9.59 Å². The van der Waals surface area contributed by atoms with Gasteiger partial charge in [0.1, 0.15) is 29.1 Å². The maximum atomic E-state index is 13.7. The molecule has 2 N–H and O–H groups in total. The van der Waals surface area contributed by atoms with Crippen molar-refractivity contribution in [1.82, 2.24) is 10.3 Å². The minimum atomic E-state index is -0.985. The molecule has 0 saturated carbocycles. The van der Waals surface area contributed by atoms with Crippen molar-refractivity contribution in [3.05, 3.63) is 59.3 Å². The van der Waals surface area contributed by atoms with Gasteiger partial charge >= 0.3 is 0 Å². The first-order chi connectivity index (χ1) is 11.8. The van der Waals surface area contributed by atoms with Gasteiger partial charge in [0.2, 0.25) is 5.91 Å². The van der Waals surface area contributed by atoms with Crippen molar-refractivity contribution in [2.75, 3.05) is 5.32 Å². The molecule has 0 saturated heterocycles. The van der Waals surface area contributed by atoms with Crippen LogP contribution in [0, 0.1) is 24.5 Å². The second kappa shape index (κ2) is 7.83. The van der Waals surface area contributed by atoms with Crippen molar-refractivity contribution < 1.29 is 18.4 Å². The van der Waals surface area contributed by atoms with Gasteiger partial charge in [0, 0.05) is 5.69 Å². The van der Waals surface area contributed by atoms with E-state index >= 15 is 0 Å². The number of nitrogens with one attached hydrogen (secondary N) is 2. The summed E-state index contributed by atoms with van der Waals surface area (Å²) < 4.78 is 27.5. The summed E-state index contributed by atoms with van der Waals surface area (Å²) in [6, 6.07) is 7.28. The molecule has 0 radical (unpaired) electrons. The summed E-state index contributed by atoms with van der Waals surface area (Å²) in [6.07, 6.45) is 0. The second-order valence-electron chi connectivity index (χ2n) is 5.95. The van der Waals surface area contributed by atoms with Gasteiger partial charge in [-0.05, 0) is 37.1 Å². The number of amides is 2. The highest BCUT2D eigenvalue weighted by molar-refractivity contribution is 6.01. The number of pyridine rings is 1. The molecule has 5 nitrogen and oxygen atoms in total. The van der Waals surface area contributed by atoms with E-state index in [2.05, 4.69) is 15.6 Å². The lowest BCUT2D eigenvalue weighted by Gasteiger charge is -2.21. The number of hydrogen-bond donors (Lipinski definition) is 2. The quantitative estimate of drug-likeness (QED) is 0.873. The van der Waals surface area contributed by atoms with Crippen molar-refractivity contribution in [2.24, 2.45) is 5.92 Å². The molecular formula is C18H19F2N3O2. The van der Waals surface area contributed by atoms with Gasteiger partial charge in [0.05, 0.1) is 0 Å². The largest absolute Gasteiger partial charge is 0.340 e. The average Bonchev–Trinajstić information content (AvgIpc) is 2.52. The van der Waals surface area contributed by atoms with Gasteiger partial charge in [0.25, 0.3) is 5.91 Å². The molecule has 0 fully saturated rings. The van der Waals surface area contributed by atoms with E-state index in [0.717, 1.165) is 23.9 Å². The fourth-order valence-corrected chi connectivity index (χ4v) is 2.28. The van der Waals surface area contributed by atoms with Crippen molar-refractivity contribution in [3.8, 4) is 0 Å². The van der Waals surface area contributed by atoms with Crippen LogP contribution in [0.15, 0.2) is 36.4 Å². The van der Waals surface area contributed by atoms with E-state index in [1.807, 2.05) is 0 Å². The Hall–Kier alpha value is -2.83. The van der Waals surface area contributed by atoms with Crippen molar-refractivity contribution in [2.45, 2.75) is 26.8 Å². The van der Waals surface area contributed by atoms with Crippen LogP contribution in [0.5, 0.6) is 0 Å². The Balaban J connectivity index is 2.18. The molecule has 0 aliphatic heterocycles. The molecule has 2 rings (SSSR count). The van der Waals surface area contributed by atoms with E-state index in [4.69, 9.17) is 0 Å². The highest BCUT2D eigenvalue weighted by Gasteiger charge is 2.27. The lowest BCUT2D eigenvalue weighted by molar-refractivity contribution is -0.118. The molecule has 2 aromatic rings. The molecule has 1 aromatic heterocycles. The van der Waals surface area contributed by atoms with E-state index in [-0.39, 0.29) is 5.92 Å². The maximum absolute atomic E-state index is 13.7. The minimum absolute atomic E-state index is 0.302. The third-order valence-corrected chi connectivity index (χ3v) is 3.57. The monoisotopic (exact) mass is 347 g/mol. The fraction of sp³-hybridized carbons (Fsp3) is 0.278. The molecule has 1 heterocycles. The number of aryl methyl sites for hydroxylation is 1. The van der Waals surface area contributed by atoms with E-state index in [1.54, 1.807) is 39.0 Å². The summed E-state index contributed by atoms with van der Waals surface area (Å²) in [5.74, 6) is -3.44. The molecule has 0 spiro atoms. The van der Waals surface area contributed by atoms with Gasteiger partial charge < -0.3 is 10.6 Å². The van der Waals surface area contributed by atoms with E-state index in [0.29, 0.717) is 5.82 Å². The number of hydrogen-bond acceptors (Lipinski definition) is 3. The summed E-state index contributed by atoms with van der Waals surface area (Å²) in [5, 5.41) is 4.99. The molecule has 1 atom stereocenters. The highest BCUT2D eigenvalue weighted by Crippen LogP contribution is 2.14. The Morgan fingerprint density at radius 3 is 2.20 bits per heavy atom. The number of carbonyl (C=O) groups is 2. The van der Waals surface area contributed by atoms with Crippen LogP contribution in [-0.2, 0) is 4.79 Å². The van der Waals surface area contributed by atoms with Crippen LogP contribution >= 0.6 is 0 Å². The number of carbonyl (C=O) groups excluding carboxylic acids is 2. The van der Waals surface area contributed by atoms with Crippen LogP contribution < -0.4 is 10.6 Å². The molecule has 7 heteroatoms. The molecule has 1 unspecified atom stereocenters. The van der Waals surface area contributed by atoms with Gasteiger partial charge in [-0.1, -0.05) is 26.0 Å².